The van der Waals surface area contributed by atoms with Gasteiger partial charge in [0.1, 0.15) is 5.75 Å². The number of carbonyl (C=O) groups excluding carboxylic acids is 2. The van der Waals surface area contributed by atoms with Crippen LogP contribution in [-0.2, 0) is 9.59 Å². The van der Waals surface area contributed by atoms with Gasteiger partial charge in [-0.15, -0.1) is 0 Å². The molecule has 0 fully saturated rings. The van der Waals surface area contributed by atoms with Crippen molar-refractivity contribution in [3.63, 3.8) is 0 Å². The highest BCUT2D eigenvalue weighted by molar-refractivity contribution is 6.04. The second-order valence-electron chi connectivity index (χ2n) is 6.60. The highest BCUT2D eigenvalue weighted by Crippen LogP contribution is 2.36. The normalized spacial score (nSPS) is 15.7. The molecule has 0 saturated carbocycles. The van der Waals surface area contributed by atoms with Gasteiger partial charge in [0.05, 0.1) is 10.6 Å². The Morgan fingerprint density at radius 2 is 2.00 bits per heavy atom. The molecule has 0 aromatic heterocycles. The molecule has 8 heteroatoms. The largest absolute Gasteiger partial charge is 0.479 e. The Bertz CT molecular complexity index is 969. The first kappa shape index (κ1) is 20.1. The molecule has 2 amide bonds. The van der Waals surface area contributed by atoms with Crippen LogP contribution in [0, 0.1) is 10.1 Å². The number of non-ortho nitro benzene ring substituents is 1. The number of carbonyl (C=O) groups is 2. The SMILES string of the molecule is CCCN1C(=O)C(C)Oc2ccc(NC(=O)/C=C/c3ccc([N+](=O)[O-])cc3)cc21. The zero-order valence-electron chi connectivity index (χ0n) is 16.1. The molecule has 0 spiro atoms. The third kappa shape index (κ3) is 4.60. The summed E-state index contributed by atoms with van der Waals surface area (Å²) in [6.07, 6.45) is 3.16. The molecule has 2 aromatic rings. The smallest absolute Gasteiger partial charge is 0.269 e. The fourth-order valence-corrected chi connectivity index (χ4v) is 3.00. The van der Waals surface area contributed by atoms with E-state index in [1.807, 2.05) is 6.92 Å². The maximum Gasteiger partial charge on any atom is 0.269 e. The molecule has 1 N–H and O–H groups in total. The van der Waals surface area contributed by atoms with E-state index < -0.39 is 11.0 Å². The van der Waals surface area contributed by atoms with Gasteiger partial charge in [-0.05, 0) is 55.3 Å². The molecule has 1 aliphatic heterocycles. The molecule has 0 saturated heterocycles. The van der Waals surface area contributed by atoms with Crippen molar-refractivity contribution in [2.45, 2.75) is 26.4 Å². The lowest BCUT2D eigenvalue weighted by molar-refractivity contribution is -0.384. The van der Waals surface area contributed by atoms with Crippen LogP contribution in [0.25, 0.3) is 6.08 Å². The molecule has 0 radical (unpaired) electrons. The van der Waals surface area contributed by atoms with Crippen LogP contribution in [-0.4, -0.2) is 29.4 Å². The lowest BCUT2D eigenvalue weighted by Gasteiger charge is -2.33. The summed E-state index contributed by atoms with van der Waals surface area (Å²) in [5.74, 6) is 0.132. The number of nitrogens with one attached hydrogen (secondary N) is 1. The van der Waals surface area contributed by atoms with Gasteiger partial charge < -0.3 is 15.0 Å². The van der Waals surface area contributed by atoms with E-state index >= 15 is 0 Å². The molecule has 1 atom stereocenters. The molecule has 8 nitrogen and oxygen atoms in total. The van der Waals surface area contributed by atoms with Crippen molar-refractivity contribution in [1.82, 2.24) is 0 Å². The summed E-state index contributed by atoms with van der Waals surface area (Å²) in [5, 5.41) is 13.4. The molecule has 3 rings (SSSR count). The summed E-state index contributed by atoms with van der Waals surface area (Å²) in [5.41, 5.74) is 1.82. The van der Waals surface area contributed by atoms with Crippen LogP contribution in [0.5, 0.6) is 5.75 Å². The summed E-state index contributed by atoms with van der Waals surface area (Å²) < 4.78 is 5.65. The molecule has 29 heavy (non-hydrogen) atoms. The molecule has 150 valence electrons. The average Bonchev–Trinajstić information content (AvgIpc) is 2.70. The van der Waals surface area contributed by atoms with Crippen molar-refractivity contribution in [1.29, 1.82) is 0 Å². The highest BCUT2D eigenvalue weighted by atomic mass is 16.6. The second kappa shape index (κ2) is 8.55. The second-order valence-corrected chi connectivity index (χ2v) is 6.60. The first-order valence-electron chi connectivity index (χ1n) is 9.24. The number of nitro benzene ring substituents is 1. The maximum absolute atomic E-state index is 12.4. The van der Waals surface area contributed by atoms with Crippen LogP contribution in [0.15, 0.2) is 48.5 Å². The minimum absolute atomic E-state index is 0.0108. The van der Waals surface area contributed by atoms with E-state index in [0.29, 0.717) is 29.2 Å². The Labute approximate surface area is 167 Å². The quantitative estimate of drug-likeness (QED) is 0.456. The van der Waals surface area contributed by atoms with Gasteiger partial charge in [-0.2, -0.15) is 0 Å². The van der Waals surface area contributed by atoms with E-state index in [1.54, 1.807) is 48.2 Å². The van der Waals surface area contributed by atoms with Crippen LogP contribution >= 0.6 is 0 Å². The summed E-state index contributed by atoms with van der Waals surface area (Å²) in [7, 11) is 0. The fraction of sp³-hybridized carbons (Fsp3) is 0.238. The topological polar surface area (TPSA) is 102 Å². The third-order valence-electron chi connectivity index (χ3n) is 4.41. The minimum Gasteiger partial charge on any atom is -0.479 e. The van der Waals surface area contributed by atoms with Crippen molar-refractivity contribution < 1.29 is 19.2 Å². The maximum atomic E-state index is 12.4. The molecule has 0 bridgehead atoms. The van der Waals surface area contributed by atoms with Gasteiger partial charge in [-0.25, -0.2) is 0 Å². The Balaban J connectivity index is 1.72. The monoisotopic (exact) mass is 395 g/mol. The molecule has 0 aliphatic carbocycles. The Hall–Kier alpha value is -3.68. The van der Waals surface area contributed by atoms with Crippen LogP contribution in [0.1, 0.15) is 25.8 Å². The van der Waals surface area contributed by atoms with Gasteiger partial charge in [-0.3, -0.25) is 19.7 Å². The third-order valence-corrected chi connectivity index (χ3v) is 4.41. The van der Waals surface area contributed by atoms with E-state index in [-0.39, 0.29) is 17.5 Å². The van der Waals surface area contributed by atoms with Crippen molar-refractivity contribution in [2.24, 2.45) is 0 Å². The molecule has 1 aliphatic rings. The molecular formula is C21H21N3O5. The number of anilines is 2. The van der Waals surface area contributed by atoms with Crippen LogP contribution in [0.4, 0.5) is 17.1 Å². The van der Waals surface area contributed by atoms with E-state index in [2.05, 4.69) is 5.32 Å². The van der Waals surface area contributed by atoms with E-state index in [1.165, 1.54) is 18.2 Å². The summed E-state index contributed by atoms with van der Waals surface area (Å²) in [4.78, 5) is 36.5. The van der Waals surface area contributed by atoms with Crippen LogP contribution in [0.2, 0.25) is 0 Å². The zero-order valence-corrected chi connectivity index (χ0v) is 16.1. The number of fused-ring (bicyclic) bond motifs is 1. The number of benzene rings is 2. The molecule has 2 aromatic carbocycles. The molecular weight excluding hydrogens is 374 g/mol. The van der Waals surface area contributed by atoms with Crippen molar-refractivity contribution in [3.8, 4) is 5.75 Å². The highest BCUT2D eigenvalue weighted by Gasteiger charge is 2.31. The Morgan fingerprint density at radius 3 is 2.66 bits per heavy atom. The van der Waals surface area contributed by atoms with Gasteiger partial charge in [0.25, 0.3) is 11.6 Å². The number of nitro groups is 1. The predicted molar refractivity (Wildman–Crippen MR) is 110 cm³/mol. The lowest BCUT2D eigenvalue weighted by atomic mass is 10.1. The number of rotatable bonds is 6. The molecule has 1 unspecified atom stereocenters. The summed E-state index contributed by atoms with van der Waals surface area (Å²) >= 11 is 0. The summed E-state index contributed by atoms with van der Waals surface area (Å²) in [6, 6.07) is 11.0. The van der Waals surface area contributed by atoms with E-state index in [9.17, 15) is 19.7 Å². The first-order chi connectivity index (χ1) is 13.9. The van der Waals surface area contributed by atoms with Gasteiger partial charge >= 0.3 is 0 Å². The lowest BCUT2D eigenvalue weighted by Crippen LogP contribution is -2.44. The number of nitrogens with zero attached hydrogens (tertiary/aromatic N) is 2. The van der Waals surface area contributed by atoms with Gasteiger partial charge in [0, 0.05) is 30.4 Å². The first-order valence-corrected chi connectivity index (χ1v) is 9.24. The fourth-order valence-electron chi connectivity index (χ4n) is 3.00. The zero-order chi connectivity index (χ0) is 21.0. The number of ether oxygens (including phenoxy) is 1. The van der Waals surface area contributed by atoms with E-state index in [0.717, 1.165) is 6.42 Å². The Kier molecular flexibility index (Phi) is 5.92. The van der Waals surface area contributed by atoms with Gasteiger partial charge in [-0.1, -0.05) is 6.92 Å². The van der Waals surface area contributed by atoms with Gasteiger partial charge in [0.15, 0.2) is 6.10 Å². The van der Waals surface area contributed by atoms with Crippen LogP contribution in [0.3, 0.4) is 0 Å². The van der Waals surface area contributed by atoms with Gasteiger partial charge in [0.2, 0.25) is 5.91 Å². The van der Waals surface area contributed by atoms with E-state index in [4.69, 9.17) is 4.74 Å². The van der Waals surface area contributed by atoms with Crippen molar-refractivity contribution in [2.75, 3.05) is 16.8 Å². The van der Waals surface area contributed by atoms with Crippen molar-refractivity contribution >= 4 is 35.0 Å². The minimum atomic E-state index is -0.542. The number of hydrogen-bond acceptors (Lipinski definition) is 5. The standard InChI is InChI=1S/C21H21N3O5/c1-3-12-23-18-13-16(7-10-19(18)29-14(2)21(23)26)22-20(25)11-6-15-4-8-17(9-5-15)24(27)28/h4-11,13-14H,3,12H2,1-2H3,(H,22,25)/b11-6+. The number of amides is 2. The Morgan fingerprint density at radius 1 is 1.28 bits per heavy atom. The molecule has 1 heterocycles. The summed E-state index contributed by atoms with van der Waals surface area (Å²) in [6.45, 7) is 4.27. The van der Waals surface area contributed by atoms with Crippen molar-refractivity contribution in [3.05, 3.63) is 64.2 Å². The van der Waals surface area contributed by atoms with Crippen LogP contribution < -0.4 is 15.0 Å². The predicted octanol–water partition coefficient (Wildman–Crippen LogP) is 3.77. The average molecular weight is 395 g/mol. The number of hydrogen-bond donors (Lipinski definition) is 1.